The van der Waals surface area contributed by atoms with Crippen LogP contribution in [0.2, 0.25) is 0 Å². The minimum Gasteiger partial charge on any atom is -0.478 e. The zero-order chi connectivity index (χ0) is 14.0. The van der Waals surface area contributed by atoms with E-state index in [1.807, 2.05) is 0 Å². The minimum absolute atomic E-state index is 0.0898. The van der Waals surface area contributed by atoms with E-state index in [4.69, 9.17) is 9.84 Å². The van der Waals surface area contributed by atoms with Crippen LogP contribution in [0.3, 0.4) is 0 Å². The van der Waals surface area contributed by atoms with Crippen LogP contribution < -0.4 is 4.74 Å². The van der Waals surface area contributed by atoms with E-state index >= 15 is 0 Å². The van der Waals surface area contributed by atoms with E-state index in [2.05, 4.69) is 0 Å². The molecule has 0 fully saturated rings. The summed E-state index contributed by atoms with van der Waals surface area (Å²) in [5.41, 5.74) is -0.412. The van der Waals surface area contributed by atoms with Crippen molar-refractivity contribution in [3.05, 3.63) is 59.4 Å². The number of benzene rings is 2. The van der Waals surface area contributed by atoms with Crippen LogP contribution in [-0.2, 0) is 0 Å². The summed E-state index contributed by atoms with van der Waals surface area (Å²) in [5, 5.41) is 8.89. The molecule has 0 spiro atoms. The Morgan fingerprint density at radius 2 is 1.74 bits per heavy atom. The highest BCUT2D eigenvalue weighted by atomic mass is 19.2. The number of carboxylic acid groups (broad SMARTS) is 1. The number of hydrogen-bond acceptors (Lipinski definition) is 2. The molecule has 0 aromatic heterocycles. The van der Waals surface area contributed by atoms with E-state index in [1.165, 1.54) is 0 Å². The first-order valence-electron chi connectivity index (χ1n) is 5.13. The predicted octanol–water partition coefficient (Wildman–Crippen LogP) is 3.59. The fraction of sp³-hybridized carbons (Fsp3) is 0. The number of hydrogen-bond donors (Lipinski definition) is 1. The third-order valence-corrected chi connectivity index (χ3v) is 2.29. The summed E-state index contributed by atoms with van der Waals surface area (Å²) < 4.78 is 43.7. The van der Waals surface area contributed by atoms with Gasteiger partial charge in [-0.25, -0.2) is 18.0 Å². The molecule has 0 aliphatic carbocycles. The highest BCUT2D eigenvalue weighted by Crippen LogP contribution is 2.27. The third-order valence-electron chi connectivity index (χ3n) is 2.29. The number of carboxylic acids is 1. The molecule has 0 unspecified atom stereocenters. The molecule has 6 heteroatoms. The van der Waals surface area contributed by atoms with E-state index < -0.39 is 29.0 Å². The number of aromatic carboxylic acids is 1. The highest BCUT2D eigenvalue weighted by molar-refractivity contribution is 5.91. The summed E-state index contributed by atoms with van der Waals surface area (Å²) >= 11 is 0. The summed E-state index contributed by atoms with van der Waals surface area (Å²) in [5.74, 6) is -4.57. The van der Waals surface area contributed by atoms with Gasteiger partial charge in [0, 0.05) is 6.07 Å². The average molecular weight is 268 g/mol. The normalized spacial score (nSPS) is 10.3. The van der Waals surface area contributed by atoms with Crippen molar-refractivity contribution in [3.8, 4) is 11.5 Å². The van der Waals surface area contributed by atoms with Gasteiger partial charge in [0.1, 0.15) is 22.9 Å². The number of rotatable bonds is 3. The van der Waals surface area contributed by atoms with Gasteiger partial charge < -0.3 is 9.84 Å². The van der Waals surface area contributed by atoms with Crippen molar-refractivity contribution >= 4 is 5.97 Å². The molecule has 0 bridgehead atoms. The smallest absolute Gasteiger partial charge is 0.339 e. The van der Waals surface area contributed by atoms with Gasteiger partial charge in [0.2, 0.25) is 0 Å². The van der Waals surface area contributed by atoms with Crippen LogP contribution in [0.1, 0.15) is 10.4 Å². The van der Waals surface area contributed by atoms with E-state index in [9.17, 15) is 18.0 Å². The molecule has 2 rings (SSSR count). The van der Waals surface area contributed by atoms with Gasteiger partial charge in [-0.1, -0.05) is 0 Å². The largest absolute Gasteiger partial charge is 0.478 e. The molecule has 0 aliphatic rings. The molecule has 3 nitrogen and oxygen atoms in total. The highest BCUT2D eigenvalue weighted by Gasteiger charge is 2.14. The van der Waals surface area contributed by atoms with Crippen molar-refractivity contribution in [2.75, 3.05) is 0 Å². The zero-order valence-corrected chi connectivity index (χ0v) is 9.36. The monoisotopic (exact) mass is 268 g/mol. The van der Waals surface area contributed by atoms with Gasteiger partial charge in [0.05, 0.1) is 0 Å². The Balaban J connectivity index is 2.37. The van der Waals surface area contributed by atoms with Crippen molar-refractivity contribution in [3.63, 3.8) is 0 Å². The van der Waals surface area contributed by atoms with Crippen LogP contribution >= 0.6 is 0 Å². The summed E-state index contributed by atoms with van der Waals surface area (Å²) in [6, 6.07) is 5.62. The van der Waals surface area contributed by atoms with Crippen molar-refractivity contribution < 1.29 is 27.8 Å². The second-order valence-corrected chi connectivity index (χ2v) is 3.62. The predicted molar refractivity (Wildman–Crippen MR) is 59.8 cm³/mol. The average Bonchev–Trinajstić information content (AvgIpc) is 2.36. The van der Waals surface area contributed by atoms with E-state index in [0.29, 0.717) is 0 Å². The topological polar surface area (TPSA) is 46.5 Å². The first kappa shape index (κ1) is 12.9. The van der Waals surface area contributed by atoms with E-state index in [1.54, 1.807) is 0 Å². The molecule has 0 radical (unpaired) electrons. The van der Waals surface area contributed by atoms with Gasteiger partial charge in [-0.05, 0) is 30.3 Å². The first-order chi connectivity index (χ1) is 8.97. The molecule has 98 valence electrons. The fourth-order valence-corrected chi connectivity index (χ4v) is 1.43. The van der Waals surface area contributed by atoms with E-state index in [0.717, 1.165) is 36.4 Å². The molecule has 0 saturated heterocycles. The summed E-state index contributed by atoms with van der Waals surface area (Å²) in [7, 11) is 0. The zero-order valence-electron chi connectivity index (χ0n) is 9.36. The molecule has 0 saturated carbocycles. The van der Waals surface area contributed by atoms with Crippen LogP contribution in [0.15, 0.2) is 36.4 Å². The molecule has 0 aliphatic heterocycles. The molecular formula is C13H7F3O3. The van der Waals surface area contributed by atoms with Crippen molar-refractivity contribution in [1.29, 1.82) is 0 Å². The molecule has 1 N–H and O–H groups in total. The first-order valence-corrected chi connectivity index (χ1v) is 5.13. The van der Waals surface area contributed by atoms with Crippen LogP contribution in [0, 0.1) is 17.5 Å². The molecule has 0 amide bonds. The maximum Gasteiger partial charge on any atom is 0.339 e. The number of carbonyl (C=O) groups is 1. The lowest BCUT2D eigenvalue weighted by molar-refractivity contribution is 0.0693. The Morgan fingerprint density at radius 3 is 2.37 bits per heavy atom. The van der Waals surface area contributed by atoms with Crippen LogP contribution in [0.5, 0.6) is 11.5 Å². The Kier molecular flexibility index (Phi) is 3.41. The Bertz CT molecular complexity index is 641. The SMILES string of the molecule is O=C(O)c1cc(F)ccc1Oc1ccc(F)c(F)c1. The second-order valence-electron chi connectivity index (χ2n) is 3.62. The van der Waals surface area contributed by atoms with Gasteiger partial charge in [-0.15, -0.1) is 0 Å². The molecule has 0 atom stereocenters. The lowest BCUT2D eigenvalue weighted by Crippen LogP contribution is -2.01. The van der Waals surface area contributed by atoms with Gasteiger partial charge in [-0.2, -0.15) is 0 Å². The van der Waals surface area contributed by atoms with Gasteiger partial charge >= 0.3 is 5.97 Å². The lowest BCUT2D eigenvalue weighted by atomic mass is 10.2. The van der Waals surface area contributed by atoms with Crippen LogP contribution in [0.4, 0.5) is 13.2 Å². The Labute approximate surface area is 105 Å². The maximum absolute atomic E-state index is 13.0. The fourth-order valence-electron chi connectivity index (χ4n) is 1.43. The lowest BCUT2D eigenvalue weighted by Gasteiger charge is -2.09. The summed E-state index contributed by atoms with van der Waals surface area (Å²) in [4.78, 5) is 10.9. The molecule has 2 aromatic rings. The molecule has 19 heavy (non-hydrogen) atoms. The van der Waals surface area contributed by atoms with Crippen molar-refractivity contribution in [1.82, 2.24) is 0 Å². The van der Waals surface area contributed by atoms with Gasteiger partial charge in [0.15, 0.2) is 11.6 Å². The maximum atomic E-state index is 13.0. The Hall–Kier alpha value is -2.50. The van der Waals surface area contributed by atoms with Crippen molar-refractivity contribution in [2.24, 2.45) is 0 Å². The molecule has 2 aromatic carbocycles. The summed E-state index contributed by atoms with van der Waals surface area (Å²) in [6.07, 6.45) is 0. The van der Waals surface area contributed by atoms with Gasteiger partial charge in [-0.3, -0.25) is 0 Å². The van der Waals surface area contributed by atoms with Crippen molar-refractivity contribution in [2.45, 2.75) is 0 Å². The quantitative estimate of drug-likeness (QED) is 0.925. The second kappa shape index (κ2) is 5.01. The number of ether oxygens (including phenoxy) is 1. The van der Waals surface area contributed by atoms with Crippen LogP contribution in [-0.4, -0.2) is 11.1 Å². The Morgan fingerprint density at radius 1 is 1.00 bits per heavy atom. The third kappa shape index (κ3) is 2.85. The number of halogens is 3. The van der Waals surface area contributed by atoms with Gasteiger partial charge in [0.25, 0.3) is 0 Å². The molecule has 0 heterocycles. The summed E-state index contributed by atoms with van der Waals surface area (Å²) in [6.45, 7) is 0. The standard InChI is InChI=1S/C13H7F3O3/c14-7-1-4-12(9(5-7)13(17)18)19-8-2-3-10(15)11(16)6-8/h1-6H,(H,17,18). The molecular weight excluding hydrogens is 261 g/mol. The van der Waals surface area contributed by atoms with E-state index in [-0.39, 0.29) is 11.5 Å². The minimum atomic E-state index is -1.39. The van der Waals surface area contributed by atoms with Crippen LogP contribution in [0.25, 0.3) is 0 Å².